The summed E-state index contributed by atoms with van der Waals surface area (Å²) in [7, 11) is -3.88. The molecule has 7 nitrogen and oxygen atoms in total. The number of para-hydroxylation sites is 2. The van der Waals surface area contributed by atoms with Crippen molar-refractivity contribution in [2.24, 2.45) is 0 Å². The van der Waals surface area contributed by atoms with Crippen LogP contribution < -0.4 is 19.1 Å². The highest BCUT2D eigenvalue weighted by atomic mass is 32.2. The highest BCUT2D eigenvalue weighted by molar-refractivity contribution is 7.92. The number of benzene rings is 3. The van der Waals surface area contributed by atoms with Crippen molar-refractivity contribution in [3.05, 3.63) is 83.4 Å². The van der Waals surface area contributed by atoms with Gasteiger partial charge in [-0.25, -0.2) is 8.42 Å². The number of amides is 1. The quantitative estimate of drug-likeness (QED) is 0.521. The Labute approximate surface area is 200 Å². The second-order valence-corrected chi connectivity index (χ2v) is 10.2. The molecule has 0 saturated carbocycles. The summed E-state index contributed by atoms with van der Waals surface area (Å²) >= 11 is 0. The van der Waals surface area contributed by atoms with E-state index in [-0.39, 0.29) is 24.6 Å². The molecule has 1 N–H and O–H groups in total. The average Bonchev–Trinajstić information content (AvgIpc) is 2.83. The van der Waals surface area contributed by atoms with E-state index in [2.05, 4.69) is 5.32 Å². The van der Waals surface area contributed by atoms with Crippen LogP contribution in [-0.2, 0) is 14.8 Å². The van der Waals surface area contributed by atoms with Crippen LogP contribution in [0, 0.1) is 20.8 Å². The van der Waals surface area contributed by atoms with Gasteiger partial charge in [-0.2, -0.15) is 0 Å². The minimum atomic E-state index is -3.88. The molecule has 0 aromatic heterocycles. The van der Waals surface area contributed by atoms with Crippen molar-refractivity contribution in [1.82, 2.24) is 5.32 Å². The largest absolute Gasteiger partial charge is 0.491 e. The number of ether oxygens (including phenoxy) is 2. The average molecular weight is 481 g/mol. The molecule has 8 heteroatoms. The van der Waals surface area contributed by atoms with E-state index in [1.165, 1.54) is 4.31 Å². The van der Waals surface area contributed by atoms with Gasteiger partial charge in [-0.05, 0) is 62.2 Å². The first kappa shape index (κ1) is 23.6. The molecule has 1 amide bonds. The van der Waals surface area contributed by atoms with Crippen molar-refractivity contribution in [1.29, 1.82) is 0 Å². The number of aryl methyl sites for hydroxylation is 3. The fraction of sp³-hybridized carbons (Fsp3) is 0.269. The fourth-order valence-corrected chi connectivity index (χ4v) is 5.19. The summed E-state index contributed by atoms with van der Waals surface area (Å²) in [6.07, 6.45) is -0.990. The Balaban J connectivity index is 1.46. The van der Waals surface area contributed by atoms with Crippen molar-refractivity contribution >= 4 is 21.6 Å². The Morgan fingerprint density at radius 3 is 2.50 bits per heavy atom. The topological polar surface area (TPSA) is 84.9 Å². The second-order valence-electron chi connectivity index (χ2n) is 8.33. The van der Waals surface area contributed by atoms with Gasteiger partial charge in [0.2, 0.25) is 0 Å². The zero-order valence-electron chi connectivity index (χ0n) is 19.4. The van der Waals surface area contributed by atoms with E-state index in [4.69, 9.17) is 9.47 Å². The van der Waals surface area contributed by atoms with Gasteiger partial charge in [0.25, 0.3) is 15.9 Å². The van der Waals surface area contributed by atoms with Gasteiger partial charge in [-0.3, -0.25) is 9.10 Å². The van der Waals surface area contributed by atoms with Crippen LogP contribution >= 0.6 is 0 Å². The first-order valence-corrected chi connectivity index (χ1v) is 12.5. The van der Waals surface area contributed by atoms with Crippen LogP contribution in [0.15, 0.2) is 71.6 Å². The number of carbonyl (C=O) groups excluding carboxylic acids is 1. The lowest BCUT2D eigenvalue weighted by Gasteiger charge is -2.34. The van der Waals surface area contributed by atoms with Gasteiger partial charge < -0.3 is 14.8 Å². The van der Waals surface area contributed by atoms with E-state index in [1.807, 2.05) is 39.0 Å². The molecule has 1 aliphatic heterocycles. The molecular formula is C26H28N2O5S. The predicted octanol–water partition coefficient (Wildman–Crippen LogP) is 3.76. The molecule has 3 aromatic carbocycles. The molecule has 4 rings (SSSR count). The molecular weight excluding hydrogens is 452 g/mol. The number of hydrogen-bond donors (Lipinski definition) is 1. The van der Waals surface area contributed by atoms with Crippen molar-refractivity contribution in [3.8, 4) is 11.5 Å². The van der Waals surface area contributed by atoms with Crippen LogP contribution in [0.5, 0.6) is 11.5 Å². The van der Waals surface area contributed by atoms with Crippen molar-refractivity contribution in [2.75, 3.05) is 24.0 Å². The molecule has 0 bridgehead atoms. The molecule has 1 unspecified atom stereocenters. The lowest BCUT2D eigenvalue weighted by atomic mass is 10.1. The lowest BCUT2D eigenvalue weighted by molar-refractivity contribution is -0.127. The number of sulfonamides is 1. The Morgan fingerprint density at radius 1 is 1.03 bits per heavy atom. The summed E-state index contributed by atoms with van der Waals surface area (Å²) < 4.78 is 39.8. The number of hydrogen-bond acceptors (Lipinski definition) is 5. The maximum Gasteiger partial charge on any atom is 0.264 e. The van der Waals surface area contributed by atoms with Crippen LogP contribution in [-0.4, -0.2) is 40.1 Å². The molecule has 0 radical (unpaired) electrons. The van der Waals surface area contributed by atoms with Gasteiger partial charge in [0.1, 0.15) is 18.1 Å². The minimum Gasteiger partial charge on any atom is -0.491 e. The number of nitrogens with zero attached hydrogens (tertiary/aromatic N) is 1. The Bertz CT molecular complexity index is 1290. The number of nitrogens with one attached hydrogen (secondary N) is 1. The van der Waals surface area contributed by atoms with Crippen molar-refractivity contribution in [3.63, 3.8) is 0 Å². The van der Waals surface area contributed by atoms with Gasteiger partial charge >= 0.3 is 0 Å². The highest BCUT2D eigenvalue weighted by Crippen LogP contribution is 2.36. The van der Waals surface area contributed by atoms with Gasteiger partial charge in [-0.1, -0.05) is 42.0 Å². The van der Waals surface area contributed by atoms with Gasteiger partial charge in [0, 0.05) is 0 Å². The monoisotopic (exact) mass is 480 g/mol. The van der Waals surface area contributed by atoms with E-state index in [1.54, 1.807) is 48.5 Å². The van der Waals surface area contributed by atoms with Gasteiger partial charge in [-0.15, -0.1) is 0 Å². The predicted molar refractivity (Wildman–Crippen MR) is 131 cm³/mol. The standard InChI is InChI=1S/C26H28N2O5S/c1-18-9-12-21(13-10-18)34(30,31)28-17-25(33-23-7-5-4-6-22(23)28)26(29)27-14-15-32-24-16-19(2)8-11-20(24)3/h4-13,16,25H,14-15,17H2,1-3H3,(H,27,29). The van der Waals surface area contributed by atoms with E-state index in [0.29, 0.717) is 11.4 Å². The van der Waals surface area contributed by atoms with Crippen LogP contribution in [0.1, 0.15) is 16.7 Å². The van der Waals surface area contributed by atoms with Crippen LogP contribution in [0.3, 0.4) is 0 Å². The van der Waals surface area contributed by atoms with Crippen LogP contribution in [0.2, 0.25) is 0 Å². The SMILES string of the molecule is Cc1ccc(S(=O)(=O)N2CC(C(=O)NCCOc3cc(C)ccc3C)Oc3ccccc32)cc1. The molecule has 178 valence electrons. The maximum absolute atomic E-state index is 13.4. The van der Waals surface area contributed by atoms with E-state index in [9.17, 15) is 13.2 Å². The fourth-order valence-electron chi connectivity index (χ4n) is 3.72. The molecule has 0 aliphatic carbocycles. The normalized spacial score (nSPS) is 15.3. The summed E-state index contributed by atoms with van der Waals surface area (Å²) in [5, 5.41) is 2.80. The number of rotatable bonds is 7. The summed E-state index contributed by atoms with van der Waals surface area (Å²) in [6.45, 7) is 6.26. The van der Waals surface area contributed by atoms with Crippen molar-refractivity contribution in [2.45, 2.75) is 31.8 Å². The molecule has 0 saturated heterocycles. The smallest absolute Gasteiger partial charge is 0.264 e. The second kappa shape index (κ2) is 9.77. The first-order chi connectivity index (χ1) is 16.3. The molecule has 3 aromatic rings. The Hall–Kier alpha value is -3.52. The van der Waals surface area contributed by atoms with Crippen molar-refractivity contribution < 1.29 is 22.7 Å². The third-order valence-electron chi connectivity index (χ3n) is 5.64. The number of anilines is 1. The maximum atomic E-state index is 13.4. The molecule has 1 atom stereocenters. The highest BCUT2D eigenvalue weighted by Gasteiger charge is 2.37. The lowest BCUT2D eigenvalue weighted by Crippen LogP contribution is -2.51. The molecule has 0 spiro atoms. The molecule has 1 heterocycles. The first-order valence-electron chi connectivity index (χ1n) is 11.1. The van der Waals surface area contributed by atoms with E-state index >= 15 is 0 Å². The summed E-state index contributed by atoms with van der Waals surface area (Å²) in [5.41, 5.74) is 3.47. The van der Waals surface area contributed by atoms with Crippen LogP contribution in [0.4, 0.5) is 5.69 Å². The zero-order chi connectivity index (χ0) is 24.3. The molecule has 0 fully saturated rings. The van der Waals surface area contributed by atoms with E-state index < -0.39 is 22.0 Å². The Kier molecular flexibility index (Phi) is 6.79. The summed E-state index contributed by atoms with van der Waals surface area (Å²) in [4.78, 5) is 13.0. The third kappa shape index (κ3) is 5.02. The third-order valence-corrected chi connectivity index (χ3v) is 7.43. The molecule has 34 heavy (non-hydrogen) atoms. The number of fused-ring (bicyclic) bond motifs is 1. The van der Waals surface area contributed by atoms with Crippen LogP contribution in [0.25, 0.3) is 0 Å². The van der Waals surface area contributed by atoms with Gasteiger partial charge in [0.15, 0.2) is 6.10 Å². The zero-order valence-corrected chi connectivity index (χ0v) is 20.3. The summed E-state index contributed by atoms with van der Waals surface area (Å²) in [6, 6.07) is 19.4. The summed E-state index contributed by atoms with van der Waals surface area (Å²) in [5.74, 6) is 0.715. The van der Waals surface area contributed by atoms with E-state index in [0.717, 1.165) is 22.4 Å². The van der Waals surface area contributed by atoms with Gasteiger partial charge in [0.05, 0.1) is 23.7 Å². The Morgan fingerprint density at radius 2 is 1.74 bits per heavy atom. The number of carbonyl (C=O) groups is 1. The minimum absolute atomic E-state index is 0.128. The molecule has 1 aliphatic rings.